The number of ketones is 1. The number of hydrazine groups is 1. The molecule has 7 heteroatoms. The molecule has 0 radical (unpaired) electrons. The Labute approximate surface area is 138 Å². The number of carbonyl (C=O) groups is 1. The van der Waals surface area contributed by atoms with E-state index in [0.717, 1.165) is 11.1 Å². The summed E-state index contributed by atoms with van der Waals surface area (Å²) in [6, 6.07) is 4.75. The molecule has 6 nitrogen and oxygen atoms in total. The normalized spacial score (nSPS) is 13.9. The van der Waals surface area contributed by atoms with Gasteiger partial charge in [0.25, 0.3) is 0 Å². The van der Waals surface area contributed by atoms with E-state index in [4.69, 9.17) is 4.74 Å². The number of halogens is 1. The molecule has 1 aliphatic rings. The topological polar surface area (TPSA) is 59.4 Å². The molecule has 0 bridgehead atoms. The first-order valence-electron chi connectivity index (χ1n) is 7.31. The van der Waals surface area contributed by atoms with Crippen LogP contribution in [0.2, 0.25) is 0 Å². The minimum atomic E-state index is -0.424. The number of hydrogen-bond donors (Lipinski definition) is 1. The molecule has 124 valence electrons. The number of hydrogen-bond acceptors (Lipinski definition) is 5. The van der Waals surface area contributed by atoms with E-state index in [-0.39, 0.29) is 11.5 Å². The summed E-state index contributed by atoms with van der Waals surface area (Å²) in [7, 11) is 3.31. The van der Waals surface area contributed by atoms with E-state index < -0.39 is 5.82 Å². The number of rotatable bonds is 4. The van der Waals surface area contributed by atoms with Crippen molar-refractivity contribution in [1.29, 1.82) is 0 Å². The fourth-order valence-corrected chi connectivity index (χ4v) is 2.37. The van der Waals surface area contributed by atoms with Crippen molar-refractivity contribution >= 4 is 11.5 Å². The Kier molecular flexibility index (Phi) is 4.07. The Hall–Kier alpha value is -3.09. The van der Waals surface area contributed by atoms with Crippen LogP contribution in [0.1, 0.15) is 6.92 Å². The predicted molar refractivity (Wildman–Crippen MR) is 88.1 cm³/mol. The minimum Gasteiger partial charge on any atom is -0.495 e. The summed E-state index contributed by atoms with van der Waals surface area (Å²) < 4.78 is 21.2. The molecule has 2 heterocycles. The molecule has 24 heavy (non-hydrogen) atoms. The SMILES string of the molecule is COC1=CN(c2cc(-c3cnn(C)c3)ccc2F)NC(C(C)=O)=C1. The highest BCUT2D eigenvalue weighted by atomic mass is 19.1. The first-order valence-corrected chi connectivity index (χ1v) is 7.31. The number of carbonyl (C=O) groups excluding carboxylic acids is 1. The fraction of sp³-hybridized carbons (Fsp3) is 0.176. The van der Waals surface area contributed by atoms with E-state index in [1.54, 1.807) is 35.3 Å². The van der Waals surface area contributed by atoms with Gasteiger partial charge in [-0.05, 0) is 17.7 Å². The van der Waals surface area contributed by atoms with Crippen molar-refractivity contribution in [3.05, 3.63) is 60.1 Å². The van der Waals surface area contributed by atoms with Crippen LogP contribution in [-0.4, -0.2) is 22.7 Å². The van der Waals surface area contributed by atoms with Gasteiger partial charge in [0.1, 0.15) is 17.3 Å². The van der Waals surface area contributed by atoms with Gasteiger partial charge >= 0.3 is 0 Å². The van der Waals surface area contributed by atoms with Crippen LogP contribution < -0.4 is 10.4 Å². The van der Waals surface area contributed by atoms with Gasteiger partial charge in [0.15, 0.2) is 5.78 Å². The Balaban J connectivity index is 2.01. The van der Waals surface area contributed by atoms with Crippen molar-refractivity contribution in [2.45, 2.75) is 6.92 Å². The number of Topliss-reactive ketones (excluding diaryl/α,β-unsaturated/α-hetero) is 1. The first kappa shape index (κ1) is 15.8. The van der Waals surface area contributed by atoms with E-state index in [9.17, 15) is 9.18 Å². The lowest BCUT2D eigenvalue weighted by molar-refractivity contribution is -0.114. The zero-order chi connectivity index (χ0) is 17.3. The van der Waals surface area contributed by atoms with Gasteiger partial charge in [0.2, 0.25) is 0 Å². The first-order chi connectivity index (χ1) is 11.5. The molecular weight excluding hydrogens is 311 g/mol. The highest BCUT2D eigenvalue weighted by Crippen LogP contribution is 2.28. The van der Waals surface area contributed by atoms with E-state index in [1.165, 1.54) is 25.1 Å². The average Bonchev–Trinajstić information content (AvgIpc) is 3.01. The van der Waals surface area contributed by atoms with Crippen molar-refractivity contribution in [1.82, 2.24) is 15.2 Å². The molecule has 1 aromatic heterocycles. The van der Waals surface area contributed by atoms with Gasteiger partial charge in [-0.2, -0.15) is 5.10 Å². The van der Waals surface area contributed by atoms with Crippen LogP contribution in [0.15, 0.2) is 54.3 Å². The highest BCUT2D eigenvalue weighted by molar-refractivity contribution is 5.93. The zero-order valence-electron chi connectivity index (χ0n) is 13.6. The van der Waals surface area contributed by atoms with E-state index in [0.29, 0.717) is 11.5 Å². The van der Waals surface area contributed by atoms with Gasteiger partial charge < -0.3 is 4.74 Å². The third-order valence-electron chi connectivity index (χ3n) is 3.64. The number of nitrogens with zero attached hydrogens (tertiary/aromatic N) is 3. The summed E-state index contributed by atoms with van der Waals surface area (Å²) in [4.78, 5) is 11.7. The molecule has 0 amide bonds. The Morgan fingerprint density at radius 2 is 2.12 bits per heavy atom. The molecule has 3 rings (SSSR count). The lowest BCUT2D eigenvalue weighted by Crippen LogP contribution is -2.38. The van der Waals surface area contributed by atoms with E-state index >= 15 is 0 Å². The summed E-state index contributed by atoms with van der Waals surface area (Å²) in [6.45, 7) is 1.43. The number of aromatic nitrogens is 2. The molecular formula is C17H17FN4O2. The van der Waals surface area contributed by atoms with E-state index in [1.807, 2.05) is 13.2 Å². The van der Waals surface area contributed by atoms with Crippen molar-refractivity contribution in [2.75, 3.05) is 12.1 Å². The predicted octanol–water partition coefficient (Wildman–Crippen LogP) is 2.51. The monoisotopic (exact) mass is 328 g/mol. The van der Waals surface area contributed by atoms with Crippen LogP contribution >= 0.6 is 0 Å². The van der Waals surface area contributed by atoms with Crippen LogP contribution in [0, 0.1) is 5.82 Å². The standard InChI is InChI=1S/C17H17FN4O2/c1-11(23)16-7-14(24-3)10-22(20-16)17-6-12(4-5-15(17)18)13-8-19-21(2)9-13/h4-10,20H,1-3H3. The molecule has 0 saturated heterocycles. The summed E-state index contributed by atoms with van der Waals surface area (Å²) in [5, 5.41) is 5.56. The second-order valence-corrected chi connectivity index (χ2v) is 5.40. The molecule has 1 aromatic carbocycles. The lowest BCUT2D eigenvalue weighted by Gasteiger charge is -2.28. The van der Waals surface area contributed by atoms with Gasteiger partial charge in [-0.1, -0.05) is 6.07 Å². The number of ether oxygens (including phenoxy) is 1. The van der Waals surface area contributed by atoms with Crippen LogP contribution in [0.3, 0.4) is 0 Å². The quantitative estimate of drug-likeness (QED) is 0.934. The molecule has 0 saturated carbocycles. The Morgan fingerprint density at radius 1 is 1.33 bits per heavy atom. The molecule has 0 spiro atoms. The van der Waals surface area contributed by atoms with Gasteiger partial charge in [0.05, 0.1) is 25.2 Å². The number of benzene rings is 1. The highest BCUT2D eigenvalue weighted by Gasteiger charge is 2.19. The number of aryl methyl sites for hydroxylation is 1. The minimum absolute atomic E-state index is 0.175. The van der Waals surface area contributed by atoms with Crippen LogP contribution in [0.25, 0.3) is 11.1 Å². The molecule has 1 aliphatic heterocycles. The largest absolute Gasteiger partial charge is 0.495 e. The number of anilines is 1. The summed E-state index contributed by atoms with van der Waals surface area (Å²) in [5.41, 5.74) is 5.16. The Morgan fingerprint density at radius 3 is 2.75 bits per heavy atom. The summed E-state index contributed by atoms with van der Waals surface area (Å²) >= 11 is 0. The average molecular weight is 328 g/mol. The second kappa shape index (κ2) is 6.19. The van der Waals surface area contributed by atoms with Gasteiger partial charge in [0, 0.05) is 31.8 Å². The van der Waals surface area contributed by atoms with Gasteiger partial charge in [-0.15, -0.1) is 0 Å². The van der Waals surface area contributed by atoms with Crippen molar-refractivity contribution < 1.29 is 13.9 Å². The molecule has 0 aliphatic carbocycles. The van der Waals surface area contributed by atoms with Crippen molar-refractivity contribution in [3.63, 3.8) is 0 Å². The van der Waals surface area contributed by atoms with Gasteiger partial charge in [-0.25, -0.2) is 4.39 Å². The van der Waals surface area contributed by atoms with Crippen LogP contribution in [0.5, 0.6) is 0 Å². The van der Waals surface area contributed by atoms with Crippen LogP contribution in [0.4, 0.5) is 10.1 Å². The number of nitrogens with one attached hydrogen (secondary N) is 1. The second-order valence-electron chi connectivity index (χ2n) is 5.40. The molecule has 0 unspecified atom stereocenters. The van der Waals surface area contributed by atoms with E-state index in [2.05, 4.69) is 10.5 Å². The van der Waals surface area contributed by atoms with Crippen LogP contribution in [-0.2, 0) is 16.6 Å². The maximum absolute atomic E-state index is 14.4. The fourth-order valence-electron chi connectivity index (χ4n) is 2.37. The third-order valence-corrected chi connectivity index (χ3v) is 3.64. The molecule has 1 N–H and O–H groups in total. The number of methoxy groups -OCH3 is 1. The maximum Gasteiger partial charge on any atom is 0.177 e. The zero-order valence-corrected chi connectivity index (χ0v) is 13.6. The summed E-state index contributed by atoms with van der Waals surface area (Å²) in [5.74, 6) is -0.150. The Bertz CT molecular complexity index is 854. The molecule has 2 aromatic rings. The van der Waals surface area contributed by atoms with Gasteiger partial charge in [-0.3, -0.25) is 19.9 Å². The molecule has 0 atom stereocenters. The van der Waals surface area contributed by atoms with Crippen molar-refractivity contribution in [2.24, 2.45) is 7.05 Å². The smallest absolute Gasteiger partial charge is 0.177 e. The maximum atomic E-state index is 14.4. The third kappa shape index (κ3) is 3.01. The number of allylic oxidation sites excluding steroid dienone is 2. The lowest BCUT2D eigenvalue weighted by atomic mass is 10.1. The molecule has 0 fully saturated rings. The summed E-state index contributed by atoms with van der Waals surface area (Å²) in [6.07, 6.45) is 6.70. The van der Waals surface area contributed by atoms with Crippen molar-refractivity contribution in [3.8, 4) is 11.1 Å².